The Bertz CT molecular complexity index is 238. The van der Waals surface area contributed by atoms with Crippen molar-refractivity contribution in [1.82, 2.24) is 10.2 Å². The highest BCUT2D eigenvalue weighted by Crippen LogP contribution is 2.04. The number of carbonyl (C=O) groups excluding carboxylic acids is 1. The lowest BCUT2D eigenvalue weighted by molar-refractivity contribution is -0.125. The summed E-state index contributed by atoms with van der Waals surface area (Å²) in [6.45, 7) is 5.36. The van der Waals surface area contributed by atoms with Crippen LogP contribution in [-0.4, -0.2) is 69.5 Å². The average Bonchev–Trinajstić information content (AvgIpc) is 2.29. The maximum Gasteiger partial charge on any atom is 0.234 e. The Hall–Kier alpha value is -0.690. The summed E-state index contributed by atoms with van der Waals surface area (Å²) in [5.41, 5.74) is 5.64. The summed E-state index contributed by atoms with van der Waals surface area (Å²) in [7, 11) is 1.62. The summed E-state index contributed by atoms with van der Waals surface area (Å²) in [4.78, 5) is 13.8. The molecule has 1 saturated heterocycles. The SMILES string of the molecule is COCC(C)NC(=O)CN1CCOCC1CN. The van der Waals surface area contributed by atoms with Crippen LogP contribution in [-0.2, 0) is 14.3 Å². The Balaban J connectivity index is 2.33. The van der Waals surface area contributed by atoms with Gasteiger partial charge in [0.25, 0.3) is 0 Å². The van der Waals surface area contributed by atoms with Gasteiger partial charge in [-0.1, -0.05) is 0 Å². The minimum atomic E-state index is 0.00917. The first kappa shape index (κ1) is 14.4. The van der Waals surface area contributed by atoms with Crippen molar-refractivity contribution >= 4 is 5.91 Å². The second-order valence-electron chi connectivity index (χ2n) is 4.36. The lowest BCUT2D eigenvalue weighted by atomic mass is 10.2. The van der Waals surface area contributed by atoms with Gasteiger partial charge in [-0.05, 0) is 6.92 Å². The molecule has 0 radical (unpaired) electrons. The number of methoxy groups -OCH3 is 1. The number of hydrogen-bond donors (Lipinski definition) is 2. The number of carbonyl (C=O) groups is 1. The zero-order chi connectivity index (χ0) is 12.7. The molecule has 0 saturated carbocycles. The number of nitrogens with one attached hydrogen (secondary N) is 1. The van der Waals surface area contributed by atoms with Crippen LogP contribution in [0, 0.1) is 0 Å². The van der Waals surface area contributed by atoms with Gasteiger partial charge >= 0.3 is 0 Å². The molecule has 0 aromatic carbocycles. The Morgan fingerprint density at radius 3 is 3.12 bits per heavy atom. The van der Waals surface area contributed by atoms with E-state index >= 15 is 0 Å². The van der Waals surface area contributed by atoms with Gasteiger partial charge in [-0.25, -0.2) is 0 Å². The van der Waals surface area contributed by atoms with Gasteiger partial charge in [-0.3, -0.25) is 9.69 Å². The fourth-order valence-electron chi connectivity index (χ4n) is 1.91. The molecule has 1 rings (SSSR count). The molecule has 0 spiro atoms. The van der Waals surface area contributed by atoms with E-state index in [0.717, 1.165) is 6.54 Å². The number of nitrogens with two attached hydrogens (primary N) is 1. The molecule has 0 aliphatic carbocycles. The highest BCUT2D eigenvalue weighted by Gasteiger charge is 2.23. The second kappa shape index (κ2) is 7.60. The fourth-order valence-corrected chi connectivity index (χ4v) is 1.91. The summed E-state index contributed by atoms with van der Waals surface area (Å²) in [6.07, 6.45) is 0. The van der Waals surface area contributed by atoms with Gasteiger partial charge in [-0.2, -0.15) is 0 Å². The predicted octanol–water partition coefficient (Wildman–Crippen LogP) is -1.20. The van der Waals surface area contributed by atoms with Crippen LogP contribution in [0.1, 0.15) is 6.92 Å². The average molecular weight is 245 g/mol. The van der Waals surface area contributed by atoms with Crippen LogP contribution in [0.5, 0.6) is 0 Å². The summed E-state index contributed by atoms with van der Waals surface area (Å²) in [5, 5.41) is 2.89. The standard InChI is InChI=1S/C11H23N3O3/c1-9(7-16-2)13-11(15)6-14-3-4-17-8-10(14)5-12/h9-10H,3-8,12H2,1-2H3,(H,13,15). The minimum Gasteiger partial charge on any atom is -0.383 e. The van der Waals surface area contributed by atoms with Gasteiger partial charge in [0.15, 0.2) is 0 Å². The van der Waals surface area contributed by atoms with E-state index in [0.29, 0.717) is 32.9 Å². The number of rotatable bonds is 6. The van der Waals surface area contributed by atoms with E-state index < -0.39 is 0 Å². The van der Waals surface area contributed by atoms with Gasteiger partial charge in [-0.15, -0.1) is 0 Å². The monoisotopic (exact) mass is 245 g/mol. The lowest BCUT2D eigenvalue weighted by Crippen LogP contribution is -2.53. The quantitative estimate of drug-likeness (QED) is 0.614. The van der Waals surface area contributed by atoms with Crippen LogP contribution >= 0.6 is 0 Å². The summed E-state index contributed by atoms with van der Waals surface area (Å²) in [6, 6.07) is 0.178. The first-order valence-corrected chi connectivity index (χ1v) is 5.97. The molecule has 2 atom stereocenters. The molecule has 0 aromatic rings. The predicted molar refractivity (Wildman–Crippen MR) is 64.7 cm³/mol. The molecule has 17 heavy (non-hydrogen) atoms. The van der Waals surface area contributed by atoms with Crippen molar-refractivity contribution in [2.75, 3.05) is 46.6 Å². The van der Waals surface area contributed by atoms with Gasteiger partial charge in [0.1, 0.15) is 0 Å². The van der Waals surface area contributed by atoms with Crippen molar-refractivity contribution in [3.63, 3.8) is 0 Å². The molecule has 100 valence electrons. The highest BCUT2D eigenvalue weighted by molar-refractivity contribution is 5.78. The van der Waals surface area contributed by atoms with Crippen LogP contribution < -0.4 is 11.1 Å². The highest BCUT2D eigenvalue weighted by atomic mass is 16.5. The maximum atomic E-state index is 11.8. The summed E-state index contributed by atoms with van der Waals surface area (Å²) >= 11 is 0. The minimum absolute atomic E-state index is 0.00917. The first-order valence-electron chi connectivity index (χ1n) is 5.97. The van der Waals surface area contributed by atoms with Crippen LogP contribution in [0.2, 0.25) is 0 Å². The molecule has 1 fully saturated rings. The number of nitrogens with zero attached hydrogens (tertiary/aromatic N) is 1. The van der Waals surface area contributed by atoms with Crippen LogP contribution in [0.25, 0.3) is 0 Å². The molecule has 1 aliphatic rings. The van der Waals surface area contributed by atoms with Crippen molar-refractivity contribution < 1.29 is 14.3 Å². The Labute approximate surface area is 102 Å². The molecule has 6 heteroatoms. The normalized spacial score (nSPS) is 23.4. The van der Waals surface area contributed by atoms with E-state index in [2.05, 4.69) is 10.2 Å². The summed E-state index contributed by atoms with van der Waals surface area (Å²) < 4.78 is 10.3. The molecular weight excluding hydrogens is 222 g/mol. The van der Waals surface area contributed by atoms with Gasteiger partial charge in [0, 0.05) is 32.3 Å². The zero-order valence-electron chi connectivity index (χ0n) is 10.6. The third-order valence-electron chi connectivity index (χ3n) is 2.79. The molecule has 1 heterocycles. The van der Waals surface area contributed by atoms with Crippen LogP contribution in [0.15, 0.2) is 0 Å². The number of amides is 1. The molecule has 1 amide bonds. The van der Waals surface area contributed by atoms with E-state index in [9.17, 15) is 4.79 Å². The van der Waals surface area contributed by atoms with E-state index in [1.807, 2.05) is 6.92 Å². The van der Waals surface area contributed by atoms with E-state index in [1.165, 1.54) is 0 Å². The molecule has 2 unspecified atom stereocenters. The number of morpholine rings is 1. The molecule has 0 aromatic heterocycles. The van der Waals surface area contributed by atoms with Crippen LogP contribution in [0.3, 0.4) is 0 Å². The van der Waals surface area contributed by atoms with Crippen molar-refractivity contribution in [1.29, 1.82) is 0 Å². The smallest absolute Gasteiger partial charge is 0.234 e. The zero-order valence-corrected chi connectivity index (χ0v) is 10.6. The van der Waals surface area contributed by atoms with Gasteiger partial charge in [0.05, 0.1) is 26.4 Å². The van der Waals surface area contributed by atoms with Crippen molar-refractivity contribution in [2.45, 2.75) is 19.0 Å². The Morgan fingerprint density at radius 1 is 1.71 bits per heavy atom. The molecule has 1 aliphatic heterocycles. The summed E-state index contributed by atoms with van der Waals surface area (Å²) in [5.74, 6) is 0.00917. The topological polar surface area (TPSA) is 76.8 Å². The maximum absolute atomic E-state index is 11.8. The Morgan fingerprint density at radius 2 is 2.47 bits per heavy atom. The van der Waals surface area contributed by atoms with E-state index in [1.54, 1.807) is 7.11 Å². The molecule has 0 bridgehead atoms. The molecule has 6 nitrogen and oxygen atoms in total. The largest absolute Gasteiger partial charge is 0.383 e. The van der Waals surface area contributed by atoms with Gasteiger partial charge < -0.3 is 20.5 Å². The lowest BCUT2D eigenvalue weighted by Gasteiger charge is -2.34. The Kier molecular flexibility index (Phi) is 6.43. The van der Waals surface area contributed by atoms with Gasteiger partial charge in [0.2, 0.25) is 5.91 Å². The number of hydrogen-bond acceptors (Lipinski definition) is 5. The van der Waals surface area contributed by atoms with Crippen molar-refractivity contribution in [2.24, 2.45) is 5.73 Å². The third kappa shape index (κ3) is 4.99. The third-order valence-corrected chi connectivity index (χ3v) is 2.79. The van der Waals surface area contributed by atoms with Crippen LogP contribution in [0.4, 0.5) is 0 Å². The fraction of sp³-hybridized carbons (Fsp3) is 0.909. The second-order valence-corrected chi connectivity index (χ2v) is 4.36. The first-order chi connectivity index (χ1) is 8.17. The molecule has 3 N–H and O–H groups in total. The molecular formula is C11H23N3O3. The van der Waals surface area contributed by atoms with Crippen molar-refractivity contribution in [3.05, 3.63) is 0 Å². The van der Waals surface area contributed by atoms with E-state index in [-0.39, 0.29) is 18.0 Å². The van der Waals surface area contributed by atoms with E-state index in [4.69, 9.17) is 15.2 Å². The number of ether oxygens (including phenoxy) is 2. The van der Waals surface area contributed by atoms with Crippen molar-refractivity contribution in [3.8, 4) is 0 Å².